The molecule has 0 saturated carbocycles. The molecule has 0 bridgehead atoms. The van der Waals surface area contributed by atoms with Gasteiger partial charge in [0.05, 0.1) is 5.02 Å². The van der Waals surface area contributed by atoms with E-state index in [0.717, 1.165) is 5.56 Å². The maximum Gasteiger partial charge on any atom is 0.348 e. The number of hydrogen-bond donors (Lipinski definition) is 0. The van der Waals surface area contributed by atoms with Gasteiger partial charge in [0.15, 0.2) is 11.5 Å². The van der Waals surface area contributed by atoms with Gasteiger partial charge in [0.25, 0.3) is 0 Å². The third-order valence-electron chi connectivity index (χ3n) is 2.58. The topological polar surface area (TPSA) is 44.8 Å². The van der Waals surface area contributed by atoms with E-state index in [-0.39, 0.29) is 19.4 Å². The third kappa shape index (κ3) is 2.52. The fourth-order valence-corrected chi connectivity index (χ4v) is 2.62. The van der Waals surface area contributed by atoms with Crippen molar-refractivity contribution in [3.63, 3.8) is 0 Å². The molecule has 0 radical (unpaired) electrons. The first-order valence-electron chi connectivity index (χ1n) is 5.52. The summed E-state index contributed by atoms with van der Waals surface area (Å²) in [6.07, 6.45) is 0. The fraction of sp³-hybridized carbons (Fsp3) is 0.154. The van der Waals surface area contributed by atoms with Crippen LogP contribution in [0.2, 0.25) is 5.02 Å². The van der Waals surface area contributed by atoms with Gasteiger partial charge in [-0.2, -0.15) is 0 Å². The number of benzene rings is 1. The lowest BCUT2D eigenvalue weighted by molar-refractivity contribution is 0.0478. The molecule has 98 valence electrons. The standard InChI is InChI=1S/C13H9ClO4S/c14-9-4-8(5-10-12(9)18-7-17-10)6-16-13(15)11-2-1-3-19-11/h1-5H,6-7H2. The quantitative estimate of drug-likeness (QED) is 0.813. The van der Waals surface area contributed by atoms with E-state index >= 15 is 0 Å². The van der Waals surface area contributed by atoms with E-state index < -0.39 is 0 Å². The molecule has 0 fully saturated rings. The van der Waals surface area contributed by atoms with Crippen molar-refractivity contribution in [2.24, 2.45) is 0 Å². The zero-order valence-electron chi connectivity index (χ0n) is 9.72. The molecule has 19 heavy (non-hydrogen) atoms. The summed E-state index contributed by atoms with van der Waals surface area (Å²) in [5.74, 6) is 0.772. The predicted molar refractivity (Wildman–Crippen MR) is 71.0 cm³/mol. The molecule has 1 aliphatic rings. The Labute approximate surface area is 118 Å². The van der Waals surface area contributed by atoms with Gasteiger partial charge in [-0.05, 0) is 29.1 Å². The molecule has 3 rings (SSSR count). The summed E-state index contributed by atoms with van der Waals surface area (Å²) in [6, 6.07) is 6.99. The summed E-state index contributed by atoms with van der Waals surface area (Å²) in [5.41, 5.74) is 0.763. The lowest BCUT2D eigenvalue weighted by Crippen LogP contribution is -2.03. The predicted octanol–water partition coefficient (Wildman–Crippen LogP) is 3.49. The van der Waals surface area contributed by atoms with Crippen LogP contribution in [-0.2, 0) is 11.3 Å². The molecule has 1 aromatic heterocycles. The number of hydrogen-bond acceptors (Lipinski definition) is 5. The Kier molecular flexibility index (Phi) is 3.31. The summed E-state index contributed by atoms with van der Waals surface area (Å²) in [5, 5.41) is 2.28. The Bertz CT molecular complexity index is 609. The summed E-state index contributed by atoms with van der Waals surface area (Å²) in [7, 11) is 0. The van der Waals surface area contributed by atoms with Gasteiger partial charge in [-0.15, -0.1) is 11.3 Å². The van der Waals surface area contributed by atoms with Crippen molar-refractivity contribution < 1.29 is 19.0 Å². The van der Waals surface area contributed by atoms with Crippen molar-refractivity contribution in [1.82, 2.24) is 0 Å². The molecule has 0 amide bonds. The average molecular weight is 297 g/mol. The highest BCUT2D eigenvalue weighted by Crippen LogP contribution is 2.39. The second kappa shape index (κ2) is 5.11. The van der Waals surface area contributed by atoms with Crippen LogP contribution in [0.5, 0.6) is 11.5 Å². The number of ether oxygens (including phenoxy) is 3. The van der Waals surface area contributed by atoms with E-state index in [0.29, 0.717) is 21.4 Å². The van der Waals surface area contributed by atoms with Crippen molar-refractivity contribution in [3.05, 3.63) is 45.1 Å². The van der Waals surface area contributed by atoms with Crippen molar-refractivity contribution in [3.8, 4) is 11.5 Å². The van der Waals surface area contributed by atoms with Gasteiger partial charge >= 0.3 is 5.97 Å². The molecule has 6 heteroatoms. The first kappa shape index (κ1) is 12.3. The first-order valence-corrected chi connectivity index (χ1v) is 6.78. The Morgan fingerprint density at radius 3 is 3.11 bits per heavy atom. The Hall–Kier alpha value is -1.72. The molecule has 1 aromatic carbocycles. The number of fused-ring (bicyclic) bond motifs is 1. The SMILES string of the molecule is O=C(OCc1cc(Cl)c2c(c1)OCO2)c1cccs1. The highest BCUT2D eigenvalue weighted by Gasteiger charge is 2.19. The maximum absolute atomic E-state index is 11.7. The van der Waals surface area contributed by atoms with E-state index in [1.54, 1.807) is 24.3 Å². The molecule has 0 atom stereocenters. The number of rotatable bonds is 3. The zero-order chi connectivity index (χ0) is 13.2. The molecular weight excluding hydrogens is 288 g/mol. The van der Waals surface area contributed by atoms with Gasteiger partial charge in [0.1, 0.15) is 11.5 Å². The Morgan fingerprint density at radius 1 is 1.42 bits per heavy atom. The van der Waals surface area contributed by atoms with Gasteiger partial charge in [-0.1, -0.05) is 17.7 Å². The lowest BCUT2D eigenvalue weighted by Gasteiger charge is -2.06. The monoisotopic (exact) mass is 296 g/mol. The molecule has 0 spiro atoms. The van der Waals surface area contributed by atoms with Crippen LogP contribution in [-0.4, -0.2) is 12.8 Å². The van der Waals surface area contributed by atoms with Crippen LogP contribution in [0, 0.1) is 0 Å². The maximum atomic E-state index is 11.7. The minimum atomic E-state index is -0.344. The lowest BCUT2D eigenvalue weighted by atomic mass is 10.2. The minimum absolute atomic E-state index is 0.146. The van der Waals surface area contributed by atoms with Gasteiger partial charge in [-0.25, -0.2) is 4.79 Å². The summed E-state index contributed by atoms with van der Waals surface area (Å²) in [6.45, 7) is 0.306. The number of halogens is 1. The summed E-state index contributed by atoms with van der Waals surface area (Å²) >= 11 is 7.39. The van der Waals surface area contributed by atoms with E-state index in [1.165, 1.54) is 11.3 Å². The fourth-order valence-electron chi connectivity index (χ4n) is 1.72. The van der Waals surface area contributed by atoms with Gasteiger partial charge in [-0.3, -0.25) is 0 Å². The van der Waals surface area contributed by atoms with Gasteiger partial charge < -0.3 is 14.2 Å². The largest absolute Gasteiger partial charge is 0.457 e. The molecule has 2 aromatic rings. The van der Waals surface area contributed by atoms with Crippen molar-refractivity contribution in [1.29, 1.82) is 0 Å². The van der Waals surface area contributed by atoms with Crippen LogP contribution in [0.25, 0.3) is 0 Å². The molecule has 1 aliphatic heterocycles. The van der Waals surface area contributed by atoms with Crippen LogP contribution in [0.3, 0.4) is 0 Å². The van der Waals surface area contributed by atoms with E-state index in [2.05, 4.69) is 0 Å². The van der Waals surface area contributed by atoms with Crippen molar-refractivity contribution in [2.45, 2.75) is 6.61 Å². The second-order valence-corrected chi connectivity index (χ2v) is 5.22. The number of thiophene rings is 1. The van der Waals surface area contributed by atoms with Gasteiger partial charge in [0.2, 0.25) is 6.79 Å². The van der Waals surface area contributed by atoms with Crippen molar-refractivity contribution >= 4 is 28.9 Å². The number of carbonyl (C=O) groups is 1. The molecular formula is C13H9ClO4S. The summed E-state index contributed by atoms with van der Waals surface area (Å²) < 4.78 is 15.7. The normalized spacial score (nSPS) is 12.5. The van der Waals surface area contributed by atoms with E-state index in [4.69, 9.17) is 25.8 Å². The van der Waals surface area contributed by atoms with Crippen molar-refractivity contribution in [2.75, 3.05) is 6.79 Å². The van der Waals surface area contributed by atoms with Crippen LogP contribution in [0.4, 0.5) is 0 Å². The second-order valence-electron chi connectivity index (χ2n) is 3.86. The van der Waals surface area contributed by atoms with Crippen LogP contribution < -0.4 is 9.47 Å². The average Bonchev–Trinajstić information content (AvgIpc) is 3.06. The Morgan fingerprint density at radius 2 is 2.32 bits per heavy atom. The van der Waals surface area contributed by atoms with Crippen LogP contribution in [0.1, 0.15) is 15.2 Å². The first-order chi connectivity index (χ1) is 9.24. The molecule has 0 N–H and O–H groups in total. The number of esters is 1. The highest BCUT2D eigenvalue weighted by atomic mass is 35.5. The van der Waals surface area contributed by atoms with E-state index in [9.17, 15) is 4.79 Å². The zero-order valence-corrected chi connectivity index (χ0v) is 11.3. The van der Waals surface area contributed by atoms with Gasteiger partial charge in [0, 0.05) is 0 Å². The molecule has 0 aliphatic carbocycles. The summed E-state index contributed by atoms with van der Waals surface area (Å²) in [4.78, 5) is 12.3. The van der Waals surface area contributed by atoms with E-state index in [1.807, 2.05) is 5.38 Å². The van der Waals surface area contributed by atoms with Crippen LogP contribution >= 0.6 is 22.9 Å². The Balaban J connectivity index is 1.71. The molecule has 0 saturated heterocycles. The molecule has 2 heterocycles. The van der Waals surface area contributed by atoms with Crippen LogP contribution in [0.15, 0.2) is 29.6 Å². The smallest absolute Gasteiger partial charge is 0.348 e. The molecule has 0 unspecified atom stereocenters. The third-order valence-corrected chi connectivity index (χ3v) is 3.71. The molecule has 4 nitrogen and oxygen atoms in total. The number of carbonyl (C=O) groups excluding carboxylic acids is 1. The highest BCUT2D eigenvalue weighted by molar-refractivity contribution is 7.11. The minimum Gasteiger partial charge on any atom is -0.457 e.